The fraction of sp³-hybridized carbons (Fsp3) is 0.312. The number of carbonyl (C=O) groups is 1. The second-order valence-electron chi connectivity index (χ2n) is 3.87. The van der Waals surface area contributed by atoms with Crippen molar-refractivity contribution >= 4 is 17.1 Å². The highest BCUT2D eigenvalue weighted by Crippen LogP contribution is 2.13. The molecule has 0 unspecified atom stereocenters. The number of rotatable bonds is 4. The van der Waals surface area contributed by atoms with Gasteiger partial charge in [0.05, 0.1) is 0 Å². The van der Waals surface area contributed by atoms with Gasteiger partial charge in [-0.25, -0.2) is 0 Å². The molecule has 1 aromatic heterocycles. The zero-order valence-electron chi connectivity index (χ0n) is 11.3. The molecule has 0 bridgehead atoms. The topological polar surface area (TPSA) is 17.1 Å². The second-order valence-corrected chi connectivity index (χ2v) is 4.90. The van der Waals surface area contributed by atoms with Crippen LogP contribution in [0.1, 0.15) is 41.1 Å². The first-order valence-electron chi connectivity index (χ1n) is 6.38. The Kier molecular flexibility index (Phi) is 6.37. The maximum absolute atomic E-state index is 11.9. The third kappa shape index (κ3) is 4.46. The van der Waals surface area contributed by atoms with E-state index in [1.165, 1.54) is 10.4 Å². The van der Waals surface area contributed by atoms with E-state index in [9.17, 15) is 4.79 Å². The number of benzene rings is 1. The fourth-order valence-electron chi connectivity index (χ4n) is 1.58. The van der Waals surface area contributed by atoms with Crippen LogP contribution in [-0.4, -0.2) is 5.78 Å². The number of Topliss-reactive ketones (excluding diaryl/α,β-unsaturated/α-hetero) is 1. The van der Waals surface area contributed by atoms with E-state index in [1.807, 2.05) is 56.5 Å². The van der Waals surface area contributed by atoms with Gasteiger partial charge in [0, 0.05) is 16.9 Å². The molecule has 0 radical (unpaired) electrons. The molecular formula is C16H20OS. The van der Waals surface area contributed by atoms with E-state index in [2.05, 4.69) is 6.07 Å². The SMILES string of the molecule is CC.Cc1ccc(C(=O)CCc2cccs2)cc1. The standard InChI is InChI=1S/C14H14OS.C2H6/c1-11-4-6-12(7-5-11)14(15)9-8-13-3-2-10-16-13;1-2/h2-7,10H,8-9H2,1H3;1-2H3. The van der Waals surface area contributed by atoms with Crippen molar-refractivity contribution in [2.24, 2.45) is 0 Å². The van der Waals surface area contributed by atoms with Crippen LogP contribution in [0.25, 0.3) is 0 Å². The molecule has 2 rings (SSSR count). The Balaban J connectivity index is 0.000000771. The Morgan fingerprint density at radius 1 is 1.11 bits per heavy atom. The molecule has 18 heavy (non-hydrogen) atoms. The second kappa shape index (κ2) is 7.83. The first-order chi connectivity index (χ1) is 8.75. The zero-order valence-corrected chi connectivity index (χ0v) is 12.1. The van der Waals surface area contributed by atoms with Crippen molar-refractivity contribution < 1.29 is 4.79 Å². The first-order valence-corrected chi connectivity index (χ1v) is 7.26. The summed E-state index contributed by atoms with van der Waals surface area (Å²) in [6.07, 6.45) is 1.45. The smallest absolute Gasteiger partial charge is 0.163 e. The van der Waals surface area contributed by atoms with Gasteiger partial charge in [0.1, 0.15) is 0 Å². The molecule has 1 heterocycles. The molecule has 0 aliphatic heterocycles. The zero-order chi connectivity index (χ0) is 13.4. The number of thiophene rings is 1. The molecule has 0 aliphatic rings. The molecule has 0 amide bonds. The fourth-order valence-corrected chi connectivity index (χ4v) is 2.28. The van der Waals surface area contributed by atoms with Gasteiger partial charge in [-0.3, -0.25) is 4.79 Å². The lowest BCUT2D eigenvalue weighted by atomic mass is 10.0. The van der Waals surface area contributed by atoms with Crippen LogP contribution in [0, 0.1) is 6.92 Å². The van der Waals surface area contributed by atoms with Gasteiger partial charge < -0.3 is 0 Å². The van der Waals surface area contributed by atoms with E-state index < -0.39 is 0 Å². The largest absolute Gasteiger partial charge is 0.294 e. The summed E-state index contributed by atoms with van der Waals surface area (Å²) in [7, 11) is 0. The van der Waals surface area contributed by atoms with Crippen LogP contribution in [0.3, 0.4) is 0 Å². The van der Waals surface area contributed by atoms with Gasteiger partial charge >= 0.3 is 0 Å². The molecule has 0 saturated heterocycles. The minimum Gasteiger partial charge on any atom is -0.294 e. The minimum absolute atomic E-state index is 0.230. The third-order valence-corrected chi connectivity index (χ3v) is 3.49. The Hall–Kier alpha value is -1.41. The molecular weight excluding hydrogens is 240 g/mol. The van der Waals surface area contributed by atoms with Crippen molar-refractivity contribution in [2.45, 2.75) is 33.6 Å². The number of hydrogen-bond acceptors (Lipinski definition) is 2. The number of hydrogen-bond donors (Lipinski definition) is 0. The van der Waals surface area contributed by atoms with E-state index in [0.29, 0.717) is 6.42 Å². The average Bonchev–Trinajstić information content (AvgIpc) is 2.92. The molecule has 1 nitrogen and oxygen atoms in total. The minimum atomic E-state index is 0.230. The first kappa shape index (κ1) is 14.7. The molecule has 0 atom stereocenters. The predicted octanol–water partition coefficient (Wildman–Crippen LogP) is 4.90. The van der Waals surface area contributed by atoms with Gasteiger partial charge in [-0.2, -0.15) is 0 Å². The van der Waals surface area contributed by atoms with Gasteiger partial charge in [0.2, 0.25) is 0 Å². The van der Waals surface area contributed by atoms with Crippen LogP contribution < -0.4 is 0 Å². The van der Waals surface area contributed by atoms with Crippen LogP contribution >= 0.6 is 11.3 Å². The molecule has 0 N–H and O–H groups in total. The lowest BCUT2D eigenvalue weighted by molar-refractivity contribution is 0.0983. The summed E-state index contributed by atoms with van der Waals surface area (Å²) in [5.41, 5.74) is 2.01. The van der Waals surface area contributed by atoms with Crippen molar-refractivity contribution in [1.82, 2.24) is 0 Å². The van der Waals surface area contributed by atoms with Gasteiger partial charge in [-0.15, -0.1) is 11.3 Å². The van der Waals surface area contributed by atoms with E-state index in [4.69, 9.17) is 0 Å². The van der Waals surface area contributed by atoms with Crippen molar-refractivity contribution in [3.05, 3.63) is 57.8 Å². The van der Waals surface area contributed by atoms with E-state index in [1.54, 1.807) is 11.3 Å². The summed E-state index contributed by atoms with van der Waals surface area (Å²) in [4.78, 5) is 13.1. The van der Waals surface area contributed by atoms with Crippen LogP contribution in [0.5, 0.6) is 0 Å². The van der Waals surface area contributed by atoms with Crippen LogP contribution in [0.4, 0.5) is 0 Å². The lowest BCUT2D eigenvalue weighted by Crippen LogP contribution is -2.00. The molecule has 2 aromatic rings. The van der Waals surface area contributed by atoms with Crippen LogP contribution in [-0.2, 0) is 6.42 Å². The molecule has 0 saturated carbocycles. The molecule has 0 aliphatic carbocycles. The van der Waals surface area contributed by atoms with Crippen LogP contribution in [0.15, 0.2) is 41.8 Å². The average molecular weight is 260 g/mol. The van der Waals surface area contributed by atoms with Gasteiger partial charge in [0.15, 0.2) is 5.78 Å². The van der Waals surface area contributed by atoms with Crippen molar-refractivity contribution in [3.63, 3.8) is 0 Å². The molecule has 2 heteroatoms. The van der Waals surface area contributed by atoms with Crippen molar-refractivity contribution in [2.75, 3.05) is 0 Å². The van der Waals surface area contributed by atoms with Crippen LogP contribution in [0.2, 0.25) is 0 Å². The predicted molar refractivity (Wildman–Crippen MR) is 79.5 cm³/mol. The van der Waals surface area contributed by atoms with Crippen molar-refractivity contribution in [3.8, 4) is 0 Å². The highest BCUT2D eigenvalue weighted by atomic mass is 32.1. The number of ketones is 1. The summed E-state index contributed by atoms with van der Waals surface area (Å²) < 4.78 is 0. The van der Waals surface area contributed by atoms with Gasteiger partial charge in [0.25, 0.3) is 0 Å². The van der Waals surface area contributed by atoms with Gasteiger partial charge in [-0.05, 0) is 24.8 Å². The monoisotopic (exact) mass is 260 g/mol. The third-order valence-electron chi connectivity index (χ3n) is 2.55. The highest BCUT2D eigenvalue weighted by molar-refractivity contribution is 7.09. The lowest BCUT2D eigenvalue weighted by Gasteiger charge is -2.00. The van der Waals surface area contributed by atoms with Gasteiger partial charge in [-0.1, -0.05) is 49.7 Å². The van der Waals surface area contributed by atoms with E-state index in [0.717, 1.165) is 12.0 Å². The Morgan fingerprint density at radius 3 is 2.33 bits per heavy atom. The summed E-state index contributed by atoms with van der Waals surface area (Å²) in [5, 5.41) is 2.05. The maximum atomic E-state index is 11.9. The normalized spacial score (nSPS) is 9.50. The summed E-state index contributed by atoms with van der Waals surface area (Å²) in [6.45, 7) is 6.03. The molecule has 96 valence electrons. The molecule has 0 fully saturated rings. The highest BCUT2D eigenvalue weighted by Gasteiger charge is 2.05. The Bertz CT molecular complexity index is 454. The Labute approximate surface area is 113 Å². The molecule has 0 spiro atoms. The summed E-state index contributed by atoms with van der Waals surface area (Å²) in [5.74, 6) is 0.230. The Morgan fingerprint density at radius 2 is 1.78 bits per heavy atom. The van der Waals surface area contributed by atoms with E-state index in [-0.39, 0.29) is 5.78 Å². The number of carbonyl (C=O) groups excluding carboxylic acids is 1. The number of aryl methyl sites for hydroxylation is 2. The van der Waals surface area contributed by atoms with E-state index >= 15 is 0 Å². The molecule has 1 aromatic carbocycles. The van der Waals surface area contributed by atoms with Crippen molar-refractivity contribution in [1.29, 1.82) is 0 Å². The summed E-state index contributed by atoms with van der Waals surface area (Å²) >= 11 is 1.71. The maximum Gasteiger partial charge on any atom is 0.163 e. The quantitative estimate of drug-likeness (QED) is 0.715. The summed E-state index contributed by atoms with van der Waals surface area (Å²) in [6, 6.07) is 11.9.